The van der Waals surface area contributed by atoms with Crippen molar-refractivity contribution in [3.63, 3.8) is 0 Å². The van der Waals surface area contributed by atoms with Crippen LogP contribution in [-0.2, 0) is 14.0 Å². The Morgan fingerprint density at radius 1 is 1.00 bits per heavy atom. The molecule has 0 atom stereocenters. The van der Waals surface area contributed by atoms with Crippen molar-refractivity contribution < 1.29 is 18.3 Å². The van der Waals surface area contributed by atoms with E-state index in [1.165, 1.54) is 16.4 Å². The van der Waals surface area contributed by atoms with Gasteiger partial charge in [-0.3, -0.25) is 0 Å². The Kier molecular flexibility index (Phi) is 8.35. The lowest BCUT2D eigenvalue weighted by Crippen LogP contribution is -2.66. The number of carbonyl (C=O) groups is 1. The third kappa shape index (κ3) is 5.64. The van der Waals surface area contributed by atoms with Crippen LogP contribution in [0.25, 0.3) is 0 Å². The third-order valence-electron chi connectivity index (χ3n) is 4.88. The van der Waals surface area contributed by atoms with Crippen LogP contribution in [-0.4, -0.2) is 27.5 Å². The number of rotatable bonds is 9. The van der Waals surface area contributed by atoms with Crippen LogP contribution in [0.1, 0.15) is 40.5 Å². The molecule has 0 radical (unpaired) electrons. The molecule has 3 nitrogen and oxygen atoms in total. The fraction of sp³-hybridized carbons (Fsp3) is 0.375. The van der Waals surface area contributed by atoms with E-state index >= 15 is 0 Å². The van der Waals surface area contributed by atoms with Crippen molar-refractivity contribution in [1.82, 2.24) is 0 Å². The summed E-state index contributed by atoms with van der Waals surface area (Å²) in [7, 11) is -2.57. The van der Waals surface area contributed by atoms with Crippen LogP contribution in [0.4, 0.5) is 4.39 Å². The lowest BCUT2D eigenvalue weighted by Gasteiger charge is -2.43. The first-order valence-electron chi connectivity index (χ1n) is 10.1. The van der Waals surface area contributed by atoms with Gasteiger partial charge in [-0.05, 0) is 41.3 Å². The zero-order valence-electron chi connectivity index (χ0n) is 17.8. The summed E-state index contributed by atoms with van der Waals surface area (Å²) in [4.78, 5) is 11.4. The van der Waals surface area contributed by atoms with Crippen LogP contribution in [0.5, 0.6) is 0 Å². The summed E-state index contributed by atoms with van der Waals surface area (Å²) in [5, 5.41) is 2.33. The Balaban J connectivity index is 2.23. The van der Waals surface area contributed by atoms with E-state index in [1.54, 1.807) is 6.92 Å². The summed E-state index contributed by atoms with van der Waals surface area (Å²) in [5.41, 5.74) is 0. The molecule has 0 saturated carbocycles. The molecule has 0 heterocycles. The van der Waals surface area contributed by atoms with Gasteiger partial charge in [0.05, 0.1) is 6.61 Å². The van der Waals surface area contributed by atoms with Gasteiger partial charge >= 0.3 is 5.97 Å². The first-order valence-corrected chi connectivity index (χ1v) is 12.0. The second kappa shape index (κ2) is 10.5. The SMILES string of the molecule is CCOC(=O)/C(F)=C/CCCO[Si](c1ccccc1)(c1ccccc1)C(C)(C)C. The molecule has 0 bridgehead atoms. The van der Waals surface area contributed by atoms with Crippen molar-refractivity contribution in [1.29, 1.82) is 0 Å². The van der Waals surface area contributed by atoms with E-state index in [0.29, 0.717) is 19.4 Å². The average Bonchev–Trinajstić information content (AvgIpc) is 2.71. The number of esters is 1. The summed E-state index contributed by atoms with van der Waals surface area (Å²) >= 11 is 0. The molecule has 29 heavy (non-hydrogen) atoms. The predicted octanol–water partition coefficient (Wildman–Crippen LogP) is 4.76. The van der Waals surface area contributed by atoms with E-state index in [9.17, 15) is 9.18 Å². The number of ether oxygens (including phenoxy) is 1. The molecule has 0 fully saturated rings. The molecule has 2 aromatic carbocycles. The first-order chi connectivity index (χ1) is 13.8. The molecule has 156 valence electrons. The Morgan fingerprint density at radius 3 is 1.97 bits per heavy atom. The highest BCUT2D eigenvalue weighted by atomic mass is 28.4. The highest BCUT2D eigenvalue weighted by Crippen LogP contribution is 2.36. The van der Waals surface area contributed by atoms with Gasteiger partial charge in [-0.25, -0.2) is 4.79 Å². The smallest absolute Gasteiger partial charge is 0.366 e. The zero-order chi connectivity index (χ0) is 21.3. The average molecular weight is 415 g/mol. The molecule has 5 heteroatoms. The van der Waals surface area contributed by atoms with Crippen molar-refractivity contribution in [3.8, 4) is 0 Å². The van der Waals surface area contributed by atoms with Crippen LogP contribution >= 0.6 is 0 Å². The summed E-state index contributed by atoms with van der Waals surface area (Å²) in [6.07, 6.45) is 2.33. The molecule has 2 aromatic rings. The number of hydrogen-bond acceptors (Lipinski definition) is 3. The summed E-state index contributed by atoms with van der Waals surface area (Å²) in [5.74, 6) is -1.74. The standard InChI is InChI=1S/C24H31FO3Si/c1-5-27-23(26)22(25)18-12-13-19-28-29(24(2,3)4,20-14-8-6-9-15-20)21-16-10-7-11-17-21/h6-11,14-18H,5,12-13,19H2,1-4H3/b22-18-. The highest BCUT2D eigenvalue weighted by molar-refractivity contribution is 6.99. The number of unbranched alkanes of at least 4 members (excludes halogenated alkanes) is 1. The molecule has 0 saturated heterocycles. The van der Waals surface area contributed by atoms with Crippen LogP contribution in [0.3, 0.4) is 0 Å². The van der Waals surface area contributed by atoms with Crippen molar-refractivity contribution in [3.05, 3.63) is 72.6 Å². The Labute approximate surface area is 174 Å². The van der Waals surface area contributed by atoms with Crippen molar-refractivity contribution in [2.45, 2.75) is 45.6 Å². The minimum absolute atomic E-state index is 0.0955. The van der Waals surface area contributed by atoms with Gasteiger partial charge in [-0.15, -0.1) is 0 Å². The Hall–Kier alpha value is -2.24. The van der Waals surface area contributed by atoms with E-state index in [2.05, 4.69) is 49.8 Å². The molecule has 0 unspecified atom stereocenters. The molecular weight excluding hydrogens is 383 g/mol. The largest absolute Gasteiger partial charge is 0.461 e. The van der Waals surface area contributed by atoms with Crippen LogP contribution in [0, 0.1) is 0 Å². The minimum Gasteiger partial charge on any atom is -0.461 e. The molecule has 2 rings (SSSR count). The number of allylic oxidation sites excluding steroid dienone is 1. The molecule has 0 aliphatic heterocycles. The topological polar surface area (TPSA) is 35.5 Å². The van der Waals surface area contributed by atoms with Crippen molar-refractivity contribution in [2.75, 3.05) is 13.2 Å². The highest BCUT2D eigenvalue weighted by Gasteiger charge is 2.49. The van der Waals surface area contributed by atoms with Crippen molar-refractivity contribution >= 4 is 24.7 Å². The van der Waals surface area contributed by atoms with Gasteiger partial charge in [0.2, 0.25) is 5.83 Å². The monoisotopic (exact) mass is 414 g/mol. The number of hydrogen-bond donors (Lipinski definition) is 0. The van der Waals surface area contributed by atoms with Gasteiger partial charge < -0.3 is 9.16 Å². The van der Waals surface area contributed by atoms with Gasteiger partial charge in [-0.2, -0.15) is 4.39 Å². The molecule has 0 amide bonds. The number of carbonyl (C=O) groups excluding carboxylic acids is 1. The Morgan fingerprint density at radius 2 is 1.52 bits per heavy atom. The number of halogens is 1. The maximum absolute atomic E-state index is 13.7. The van der Waals surface area contributed by atoms with Crippen LogP contribution in [0.15, 0.2) is 72.6 Å². The lowest BCUT2D eigenvalue weighted by atomic mass is 10.2. The normalized spacial score (nSPS) is 12.7. The summed E-state index contributed by atoms with van der Waals surface area (Å²) in [6.45, 7) is 8.97. The van der Waals surface area contributed by atoms with Crippen molar-refractivity contribution in [2.24, 2.45) is 0 Å². The maximum Gasteiger partial charge on any atom is 0.366 e. The zero-order valence-corrected chi connectivity index (χ0v) is 18.8. The van der Waals surface area contributed by atoms with Gasteiger partial charge in [0.1, 0.15) is 0 Å². The first kappa shape index (κ1) is 23.0. The van der Waals surface area contributed by atoms with Gasteiger partial charge in [-0.1, -0.05) is 81.4 Å². The molecule has 0 N–H and O–H groups in total. The summed E-state index contributed by atoms with van der Waals surface area (Å²) in [6, 6.07) is 20.8. The molecule has 0 spiro atoms. The van der Waals surface area contributed by atoms with E-state index in [-0.39, 0.29) is 11.6 Å². The number of benzene rings is 2. The molecular formula is C24H31FO3Si. The second-order valence-corrected chi connectivity index (χ2v) is 12.2. The quantitative estimate of drug-likeness (QED) is 0.257. The van der Waals surface area contributed by atoms with E-state index in [4.69, 9.17) is 4.43 Å². The van der Waals surface area contributed by atoms with Crippen LogP contribution in [0.2, 0.25) is 5.04 Å². The fourth-order valence-electron chi connectivity index (χ4n) is 3.58. The maximum atomic E-state index is 13.7. The molecule has 0 aliphatic carbocycles. The summed E-state index contributed by atoms with van der Waals surface area (Å²) < 4.78 is 25.1. The predicted molar refractivity (Wildman–Crippen MR) is 119 cm³/mol. The van der Waals surface area contributed by atoms with E-state index in [1.807, 2.05) is 36.4 Å². The second-order valence-electron chi connectivity index (χ2n) is 7.93. The molecule has 0 aliphatic rings. The molecule has 0 aromatic heterocycles. The lowest BCUT2D eigenvalue weighted by molar-refractivity contribution is -0.140. The van der Waals surface area contributed by atoms with Gasteiger partial charge in [0.15, 0.2) is 0 Å². The minimum atomic E-state index is -2.57. The van der Waals surface area contributed by atoms with E-state index in [0.717, 1.165) is 0 Å². The van der Waals surface area contributed by atoms with Gasteiger partial charge in [0, 0.05) is 6.61 Å². The van der Waals surface area contributed by atoms with Gasteiger partial charge in [0.25, 0.3) is 8.32 Å². The third-order valence-corrected chi connectivity index (χ3v) is 9.92. The van der Waals surface area contributed by atoms with Crippen LogP contribution < -0.4 is 10.4 Å². The fourth-order valence-corrected chi connectivity index (χ4v) is 8.19. The van der Waals surface area contributed by atoms with E-state index < -0.39 is 20.1 Å². The Bertz CT molecular complexity index is 758.